The third-order valence-electron chi connectivity index (χ3n) is 5.34. The molecule has 0 aliphatic carbocycles. The van der Waals surface area contributed by atoms with E-state index in [0.717, 1.165) is 22.4 Å². The molecule has 10 heteroatoms. The molecule has 34 heavy (non-hydrogen) atoms. The SMILES string of the molecule is CC(=O)c1ccc(-n2cnc3cc(Nc4ccc(C)nn4)ccc32)nc1-n1cc(C#N)c(C)n1. The van der Waals surface area contributed by atoms with Gasteiger partial charge in [0.15, 0.2) is 17.4 Å². The van der Waals surface area contributed by atoms with Gasteiger partial charge in [-0.1, -0.05) is 0 Å². The fraction of sp³-hybridized carbons (Fsp3) is 0.125. The van der Waals surface area contributed by atoms with Crippen molar-refractivity contribution in [1.29, 1.82) is 5.26 Å². The molecule has 0 saturated carbocycles. The van der Waals surface area contributed by atoms with Crippen molar-refractivity contribution in [3.63, 3.8) is 0 Å². The van der Waals surface area contributed by atoms with Gasteiger partial charge in [-0.2, -0.15) is 15.5 Å². The summed E-state index contributed by atoms with van der Waals surface area (Å²) in [5.74, 6) is 1.42. The van der Waals surface area contributed by atoms with Crippen LogP contribution < -0.4 is 5.32 Å². The Hall–Kier alpha value is -4.91. The van der Waals surface area contributed by atoms with Crippen molar-refractivity contribution in [3.8, 4) is 17.7 Å². The van der Waals surface area contributed by atoms with Crippen LogP contribution >= 0.6 is 0 Å². The number of nitriles is 1. The number of imidazole rings is 1. The lowest BCUT2D eigenvalue weighted by Gasteiger charge is -2.10. The van der Waals surface area contributed by atoms with Gasteiger partial charge in [-0.05, 0) is 63.2 Å². The van der Waals surface area contributed by atoms with E-state index < -0.39 is 0 Å². The van der Waals surface area contributed by atoms with Gasteiger partial charge < -0.3 is 5.32 Å². The molecular formula is C24H19N9O. The van der Waals surface area contributed by atoms with Crippen molar-refractivity contribution in [2.45, 2.75) is 20.8 Å². The topological polar surface area (TPSA) is 127 Å². The molecule has 0 bridgehead atoms. The van der Waals surface area contributed by atoms with Crippen molar-refractivity contribution >= 4 is 28.3 Å². The van der Waals surface area contributed by atoms with Crippen molar-refractivity contribution in [2.24, 2.45) is 0 Å². The summed E-state index contributed by atoms with van der Waals surface area (Å²) in [5.41, 5.74) is 4.66. The largest absolute Gasteiger partial charge is 0.339 e. The number of nitrogens with zero attached hydrogens (tertiary/aromatic N) is 8. The number of aryl methyl sites for hydroxylation is 2. The first-order chi connectivity index (χ1) is 16.4. The van der Waals surface area contributed by atoms with E-state index in [9.17, 15) is 10.1 Å². The minimum atomic E-state index is -0.147. The minimum absolute atomic E-state index is 0.147. The second kappa shape index (κ2) is 8.22. The van der Waals surface area contributed by atoms with E-state index in [4.69, 9.17) is 4.98 Å². The molecule has 5 rings (SSSR count). The van der Waals surface area contributed by atoms with E-state index in [1.54, 1.807) is 31.6 Å². The van der Waals surface area contributed by atoms with Crippen LogP contribution in [0.3, 0.4) is 0 Å². The average Bonchev–Trinajstić information content (AvgIpc) is 3.43. The van der Waals surface area contributed by atoms with Crippen molar-refractivity contribution in [1.82, 2.24) is 34.5 Å². The van der Waals surface area contributed by atoms with Crippen LogP contribution in [0.15, 0.2) is 55.0 Å². The van der Waals surface area contributed by atoms with Crippen molar-refractivity contribution < 1.29 is 4.79 Å². The first kappa shape index (κ1) is 21.0. The molecule has 1 aromatic carbocycles. The fourth-order valence-corrected chi connectivity index (χ4v) is 3.59. The Morgan fingerprint density at radius 1 is 1.09 bits per heavy atom. The van der Waals surface area contributed by atoms with Crippen LogP contribution in [0.2, 0.25) is 0 Å². The molecule has 0 aliphatic rings. The summed E-state index contributed by atoms with van der Waals surface area (Å²) in [6, 6.07) is 15.1. The molecular weight excluding hydrogens is 430 g/mol. The number of anilines is 2. The van der Waals surface area contributed by atoms with Gasteiger partial charge in [0.2, 0.25) is 0 Å². The standard InChI is InChI=1S/C24H19N9O/c1-14-4-8-22(30-29-14)27-18-5-7-21-20(10-18)26-13-32(21)23-9-6-19(16(3)34)24(28-23)33-12-17(11-25)15(2)31-33/h4-10,12-13H,1-3H3,(H,27,30). The maximum absolute atomic E-state index is 12.2. The lowest BCUT2D eigenvalue weighted by Crippen LogP contribution is -2.09. The van der Waals surface area contributed by atoms with Gasteiger partial charge in [0.05, 0.1) is 39.7 Å². The van der Waals surface area contributed by atoms with Gasteiger partial charge in [-0.15, -0.1) is 5.10 Å². The second-order valence-electron chi connectivity index (χ2n) is 7.78. The Balaban J connectivity index is 1.54. The zero-order valence-corrected chi connectivity index (χ0v) is 18.7. The molecule has 0 spiro atoms. The number of rotatable bonds is 5. The van der Waals surface area contributed by atoms with Crippen LogP contribution in [-0.2, 0) is 0 Å². The molecule has 0 saturated heterocycles. The highest BCUT2D eigenvalue weighted by molar-refractivity contribution is 5.97. The minimum Gasteiger partial charge on any atom is -0.339 e. The molecule has 0 atom stereocenters. The number of benzene rings is 1. The highest BCUT2D eigenvalue weighted by Crippen LogP contribution is 2.24. The Morgan fingerprint density at radius 3 is 2.65 bits per heavy atom. The van der Waals surface area contributed by atoms with E-state index in [2.05, 4.69) is 31.7 Å². The molecule has 1 N–H and O–H groups in total. The first-order valence-electron chi connectivity index (χ1n) is 10.5. The van der Waals surface area contributed by atoms with Gasteiger partial charge in [-0.25, -0.2) is 14.6 Å². The van der Waals surface area contributed by atoms with Gasteiger partial charge in [0.25, 0.3) is 0 Å². The molecule has 0 aliphatic heterocycles. The maximum atomic E-state index is 12.2. The average molecular weight is 449 g/mol. The molecule has 0 amide bonds. The summed E-state index contributed by atoms with van der Waals surface area (Å²) < 4.78 is 3.30. The molecule has 0 fully saturated rings. The van der Waals surface area contributed by atoms with Crippen LogP contribution in [0.4, 0.5) is 11.5 Å². The number of ketones is 1. The van der Waals surface area contributed by atoms with Gasteiger partial charge in [-0.3, -0.25) is 9.36 Å². The monoisotopic (exact) mass is 449 g/mol. The third-order valence-corrected chi connectivity index (χ3v) is 5.34. The number of Topliss-reactive ketones (excluding diaryl/α,β-unsaturated/α-hetero) is 1. The summed E-state index contributed by atoms with van der Waals surface area (Å²) in [6.07, 6.45) is 3.25. The Kier molecular flexibility index (Phi) is 5.07. The fourth-order valence-electron chi connectivity index (χ4n) is 3.59. The lowest BCUT2D eigenvalue weighted by atomic mass is 10.2. The number of hydrogen-bond donors (Lipinski definition) is 1. The van der Waals surface area contributed by atoms with Gasteiger partial charge >= 0.3 is 0 Å². The quantitative estimate of drug-likeness (QED) is 0.401. The van der Waals surface area contributed by atoms with E-state index in [0.29, 0.717) is 34.3 Å². The molecule has 10 nitrogen and oxygen atoms in total. The van der Waals surface area contributed by atoms with Crippen LogP contribution in [0, 0.1) is 25.2 Å². The number of aromatic nitrogens is 7. The Labute approximate surface area is 194 Å². The number of carbonyl (C=O) groups is 1. The maximum Gasteiger partial charge on any atom is 0.166 e. The van der Waals surface area contributed by atoms with Crippen LogP contribution in [0.5, 0.6) is 0 Å². The van der Waals surface area contributed by atoms with Crippen LogP contribution in [-0.4, -0.2) is 40.3 Å². The molecule has 0 unspecified atom stereocenters. The molecule has 4 aromatic heterocycles. The van der Waals surface area contributed by atoms with Crippen LogP contribution in [0.1, 0.15) is 34.2 Å². The molecule has 4 heterocycles. The highest BCUT2D eigenvalue weighted by Gasteiger charge is 2.17. The second-order valence-corrected chi connectivity index (χ2v) is 7.78. The highest BCUT2D eigenvalue weighted by atomic mass is 16.1. The molecule has 166 valence electrons. The zero-order chi connectivity index (χ0) is 23.8. The lowest BCUT2D eigenvalue weighted by molar-refractivity contribution is 0.101. The van der Waals surface area contributed by atoms with Crippen LogP contribution in [0.25, 0.3) is 22.7 Å². The van der Waals surface area contributed by atoms with E-state index in [1.807, 2.05) is 41.8 Å². The van der Waals surface area contributed by atoms with Crippen molar-refractivity contribution in [2.75, 3.05) is 5.32 Å². The number of pyridine rings is 1. The van der Waals surface area contributed by atoms with E-state index in [1.165, 1.54) is 11.6 Å². The molecule has 5 aromatic rings. The Morgan fingerprint density at radius 2 is 1.94 bits per heavy atom. The normalized spacial score (nSPS) is 10.9. The third kappa shape index (κ3) is 3.75. The first-order valence-corrected chi connectivity index (χ1v) is 10.5. The van der Waals surface area contributed by atoms with Crippen molar-refractivity contribution in [3.05, 3.63) is 77.5 Å². The summed E-state index contributed by atoms with van der Waals surface area (Å²) >= 11 is 0. The van der Waals surface area contributed by atoms with Gasteiger partial charge in [0.1, 0.15) is 18.2 Å². The van der Waals surface area contributed by atoms with E-state index >= 15 is 0 Å². The number of nitrogens with one attached hydrogen (secondary N) is 1. The summed E-state index contributed by atoms with van der Waals surface area (Å²) in [6.45, 7) is 5.10. The predicted molar refractivity (Wildman–Crippen MR) is 125 cm³/mol. The Bertz CT molecular complexity index is 1590. The number of carbonyl (C=O) groups excluding carboxylic acids is 1. The predicted octanol–water partition coefficient (Wildman–Crippen LogP) is 3.83. The van der Waals surface area contributed by atoms with E-state index in [-0.39, 0.29) is 5.78 Å². The summed E-state index contributed by atoms with van der Waals surface area (Å²) in [4.78, 5) is 21.5. The molecule has 0 radical (unpaired) electrons. The number of fused-ring (bicyclic) bond motifs is 1. The summed E-state index contributed by atoms with van der Waals surface area (Å²) in [5, 5.41) is 25.1. The number of hydrogen-bond acceptors (Lipinski definition) is 8. The smallest absolute Gasteiger partial charge is 0.166 e. The zero-order valence-electron chi connectivity index (χ0n) is 18.7. The van der Waals surface area contributed by atoms with Gasteiger partial charge in [0, 0.05) is 5.69 Å². The summed E-state index contributed by atoms with van der Waals surface area (Å²) in [7, 11) is 0.